The fraction of sp³-hybridized carbons (Fsp3) is 0.273. The number of anilines is 1. The molecule has 1 aromatic heterocycles. The molecule has 0 saturated heterocycles. The first kappa shape index (κ1) is 19.1. The molecule has 3 rings (SSSR count). The Balaban J connectivity index is 1.64. The van der Waals surface area contributed by atoms with Crippen molar-refractivity contribution in [1.82, 2.24) is 4.98 Å². The van der Waals surface area contributed by atoms with Gasteiger partial charge in [0.15, 0.2) is 0 Å². The van der Waals surface area contributed by atoms with E-state index in [2.05, 4.69) is 24.1 Å². The summed E-state index contributed by atoms with van der Waals surface area (Å²) in [6.07, 6.45) is 0. The van der Waals surface area contributed by atoms with Gasteiger partial charge in [-0.25, -0.2) is 4.98 Å². The third-order valence-corrected chi connectivity index (χ3v) is 5.40. The fourth-order valence-electron chi connectivity index (χ4n) is 2.64. The standard InChI is InChI=1S/C22H24N2O2S/c1-14(2)17-7-9-18(10-8-17)24-22(25)21-16(4)23-20(27-21)13-26-19-11-5-15(3)6-12-19/h5-12,14H,13H2,1-4H3,(H,24,25). The van der Waals surface area contributed by atoms with Gasteiger partial charge in [-0.15, -0.1) is 11.3 Å². The van der Waals surface area contributed by atoms with Crippen LogP contribution in [-0.4, -0.2) is 10.9 Å². The average Bonchev–Trinajstić information content (AvgIpc) is 3.02. The predicted octanol–water partition coefficient (Wildman–Crippen LogP) is 5.71. The molecule has 0 aliphatic heterocycles. The van der Waals surface area contributed by atoms with E-state index < -0.39 is 0 Å². The second kappa shape index (κ2) is 8.35. The van der Waals surface area contributed by atoms with Crippen LogP contribution in [0.5, 0.6) is 5.75 Å². The molecule has 0 spiro atoms. The van der Waals surface area contributed by atoms with Crippen LogP contribution in [0.25, 0.3) is 0 Å². The number of aryl methyl sites for hydroxylation is 2. The van der Waals surface area contributed by atoms with Crippen LogP contribution < -0.4 is 10.1 Å². The number of carbonyl (C=O) groups excluding carboxylic acids is 1. The molecule has 1 N–H and O–H groups in total. The van der Waals surface area contributed by atoms with E-state index in [1.54, 1.807) is 0 Å². The van der Waals surface area contributed by atoms with Crippen LogP contribution in [0, 0.1) is 13.8 Å². The van der Waals surface area contributed by atoms with E-state index >= 15 is 0 Å². The topological polar surface area (TPSA) is 51.2 Å². The molecule has 5 heteroatoms. The maximum atomic E-state index is 12.6. The Morgan fingerprint density at radius 2 is 1.74 bits per heavy atom. The summed E-state index contributed by atoms with van der Waals surface area (Å²) in [7, 11) is 0. The Bertz CT molecular complexity index is 912. The van der Waals surface area contributed by atoms with Gasteiger partial charge in [-0.3, -0.25) is 4.79 Å². The molecule has 2 aromatic carbocycles. The highest BCUT2D eigenvalue weighted by molar-refractivity contribution is 7.13. The van der Waals surface area contributed by atoms with Crippen molar-refractivity contribution in [3.63, 3.8) is 0 Å². The number of benzene rings is 2. The van der Waals surface area contributed by atoms with Gasteiger partial charge in [0.05, 0.1) is 5.69 Å². The second-order valence-corrected chi connectivity index (χ2v) is 7.94. The van der Waals surface area contributed by atoms with Crippen LogP contribution in [0.15, 0.2) is 48.5 Å². The molecule has 0 aliphatic carbocycles. The summed E-state index contributed by atoms with van der Waals surface area (Å²) in [5, 5.41) is 3.73. The molecule has 4 nitrogen and oxygen atoms in total. The molecule has 27 heavy (non-hydrogen) atoms. The number of hydrogen-bond donors (Lipinski definition) is 1. The molecule has 0 bridgehead atoms. The van der Waals surface area contributed by atoms with Crippen molar-refractivity contribution < 1.29 is 9.53 Å². The molecule has 0 radical (unpaired) electrons. The minimum atomic E-state index is -0.135. The Hall–Kier alpha value is -2.66. The summed E-state index contributed by atoms with van der Waals surface area (Å²) in [6.45, 7) is 8.53. The van der Waals surface area contributed by atoms with Gasteiger partial charge in [0.25, 0.3) is 5.91 Å². The van der Waals surface area contributed by atoms with Crippen LogP contribution >= 0.6 is 11.3 Å². The summed E-state index contributed by atoms with van der Waals surface area (Å²) in [4.78, 5) is 17.7. The number of aromatic nitrogens is 1. The van der Waals surface area contributed by atoms with Crippen molar-refractivity contribution in [2.24, 2.45) is 0 Å². The summed E-state index contributed by atoms with van der Waals surface area (Å²) in [5.41, 5.74) is 3.94. The summed E-state index contributed by atoms with van der Waals surface area (Å²) in [5.74, 6) is 1.13. The van der Waals surface area contributed by atoms with Crippen LogP contribution in [0.4, 0.5) is 5.69 Å². The molecule has 1 heterocycles. The van der Waals surface area contributed by atoms with Gasteiger partial charge in [0, 0.05) is 5.69 Å². The van der Waals surface area contributed by atoms with Gasteiger partial charge in [-0.1, -0.05) is 43.7 Å². The van der Waals surface area contributed by atoms with Gasteiger partial charge < -0.3 is 10.1 Å². The lowest BCUT2D eigenvalue weighted by Gasteiger charge is -2.08. The molecule has 3 aromatic rings. The summed E-state index contributed by atoms with van der Waals surface area (Å²) < 4.78 is 5.77. The molecule has 140 valence electrons. The third kappa shape index (κ3) is 4.95. The highest BCUT2D eigenvalue weighted by Crippen LogP contribution is 2.23. The lowest BCUT2D eigenvalue weighted by Crippen LogP contribution is -2.11. The number of ether oxygens (including phenoxy) is 1. The fourth-order valence-corrected chi connectivity index (χ4v) is 3.52. The minimum Gasteiger partial charge on any atom is -0.486 e. The van der Waals surface area contributed by atoms with Crippen LogP contribution in [0.2, 0.25) is 0 Å². The van der Waals surface area contributed by atoms with Crippen LogP contribution in [0.1, 0.15) is 51.3 Å². The maximum Gasteiger partial charge on any atom is 0.267 e. The van der Waals surface area contributed by atoms with Gasteiger partial charge in [0.2, 0.25) is 0 Å². The van der Waals surface area contributed by atoms with E-state index in [1.165, 1.54) is 22.5 Å². The maximum absolute atomic E-state index is 12.6. The zero-order chi connectivity index (χ0) is 19.4. The second-order valence-electron chi connectivity index (χ2n) is 6.85. The Labute approximate surface area is 164 Å². The molecular weight excluding hydrogens is 356 g/mol. The van der Waals surface area contributed by atoms with Crippen LogP contribution in [-0.2, 0) is 6.61 Å². The smallest absolute Gasteiger partial charge is 0.267 e. The molecule has 0 aliphatic rings. The minimum absolute atomic E-state index is 0.135. The highest BCUT2D eigenvalue weighted by atomic mass is 32.1. The number of rotatable bonds is 6. The lowest BCUT2D eigenvalue weighted by atomic mass is 10.0. The Kier molecular flexibility index (Phi) is 5.91. The van der Waals surface area contributed by atoms with Crippen LogP contribution in [0.3, 0.4) is 0 Å². The van der Waals surface area contributed by atoms with Gasteiger partial charge >= 0.3 is 0 Å². The van der Waals surface area contributed by atoms with Crippen molar-refractivity contribution in [3.05, 3.63) is 75.2 Å². The van der Waals surface area contributed by atoms with Gasteiger partial charge in [0.1, 0.15) is 22.2 Å². The zero-order valence-electron chi connectivity index (χ0n) is 16.1. The number of hydrogen-bond acceptors (Lipinski definition) is 4. The molecule has 0 atom stereocenters. The van der Waals surface area contributed by atoms with Crippen molar-refractivity contribution in [2.45, 2.75) is 40.2 Å². The van der Waals surface area contributed by atoms with Crippen molar-refractivity contribution in [1.29, 1.82) is 0 Å². The van der Waals surface area contributed by atoms with E-state index in [0.717, 1.165) is 22.1 Å². The molecule has 0 unspecified atom stereocenters. The largest absolute Gasteiger partial charge is 0.486 e. The SMILES string of the molecule is Cc1ccc(OCc2nc(C)c(C(=O)Nc3ccc(C(C)C)cc3)s2)cc1. The van der Waals surface area contributed by atoms with E-state index in [4.69, 9.17) is 4.74 Å². The third-order valence-electron chi connectivity index (χ3n) is 4.27. The first-order valence-electron chi connectivity index (χ1n) is 8.99. The van der Waals surface area contributed by atoms with Gasteiger partial charge in [-0.2, -0.15) is 0 Å². The Morgan fingerprint density at radius 3 is 2.37 bits per heavy atom. The average molecular weight is 381 g/mol. The summed E-state index contributed by atoms with van der Waals surface area (Å²) in [6, 6.07) is 15.8. The van der Waals surface area contributed by atoms with E-state index in [-0.39, 0.29) is 5.91 Å². The molecular formula is C22H24N2O2S. The summed E-state index contributed by atoms with van der Waals surface area (Å²) >= 11 is 1.37. The predicted molar refractivity (Wildman–Crippen MR) is 111 cm³/mol. The number of thiazole rings is 1. The van der Waals surface area contributed by atoms with Crippen molar-refractivity contribution in [3.8, 4) is 5.75 Å². The highest BCUT2D eigenvalue weighted by Gasteiger charge is 2.16. The van der Waals surface area contributed by atoms with E-state index in [0.29, 0.717) is 17.4 Å². The molecule has 1 amide bonds. The number of carbonyl (C=O) groups is 1. The van der Waals surface area contributed by atoms with Gasteiger partial charge in [-0.05, 0) is 49.6 Å². The first-order valence-corrected chi connectivity index (χ1v) is 9.81. The number of amides is 1. The first-order chi connectivity index (χ1) is 12.9. The van der Waals surface area contributed by atoms with E-state index in [1.807, 2.05) is 62.4 Å². The van der Waals surface area contributed by atoms with E-state index in [9.17, 15) is 4.79 Å². The Morgan fingerprint density at radius 1 is 1.07 bits per heavy atom. The zero-order valence-corrected chi connectivity index (χ0v) is 16.9. The van der Waals surface area contributed by atoms with Crippen molar-refractivity contribution in [2.75, 3.05) is 5.32 Å². The quantitative estimate of drug-likeness (QED) is 0.595. The number of nitrogens with zero attached hydrogens (tertiary/aromatic N) is 1. The lowest BCUT2D eigenvalue weighted by molar-refractivity contribution is 0.103. The normalized spacial score (nSPS) is 10.9. The molecule has 0 fully saturated rings. The van der Waals surface area contributed by atoms with Crippen molar-refractivity contribution >= 4 is 22.9 Å². The monoisotopic (exact) mass is 380 g/mol. The number of nitrogens with one attached hydrogen (secondary N) is 1. The molecule has 0 saturated carbocycles.